The van der Waals surface area contributed by atoms with E-state index in [1.54, 1.807) is 24.3 Å². The van der Waals surface area contributed by atoms with Gasteiger partial charge in [-0.1, -0.05) is 30.3 Å². The second-order valence-electron chi connectivity index (χ2n) is 4.40. The van der Waals surface area contributed by atoms with Gasteiger partial charge in [0.25, 0.3) is 0 Å². The Hall–Kier alpha value is -2.27. The van der Waals surface area contributed by atoms with Gasteiger partial charge in [-0.3, -0.25) is 0 Å². The summed E-state index contributed by atoms with van der Waals surface area (Å²) in [5.74, 6) is -2.44. The van der Waals surface area contributed by atoms with Crippen LogP contribution in [0.5, 0.6) is 0 Å². The predicted molar refractivity (Wildman–Crippen MR) is 78.5 cm³/mol. The standard InChI is InChI=1S/C16H10F2O2S/c1-20-16(19)15-12(9-5-3-2-4-6-9)13-11(21-15)8-7-10(17)14(13)18/h2-8H,1H3. The first kappa shape index (κ1) is 13.7. The van der Waals surface area contributed by atoms with E-state index in [0.29, 0.717) is 15.8 Å². The Morgan fingerprint density at radius 2 is 1.81 bits per heavy atom. The molecule has 0 unspecified atom stereocenters. The minimum Gasteiger partial charge on any atom is -0.465 e. The highest BCUT2D eigenvalue weighted by Gasteiger charge is 2.23. The Balaban J connectivity index is 2.43. The fourth-order valence-electron chi connectivity index (χ4n) is 2.24. The molecular weight excluding hydrogens is 294 g/mol. The van der Waals surface area contributed by atoms with E-state index in [9.17, 15) is 13.6 Å². The van der Waals surface area contributed by atoms with Gasteiger partial charge in [0.15, 0.2) is 11.6 Å². The molecule has 5 heteroatoms. The average molecular weight is 304 g/mol. The Labute approximate surface area is 123 Å². The predicted octanol–water partition coefficient (Wildman–Crippen LogP) is 4.63. The van der Waals surface area contributed by atoms with Crippen LogP contribution in [0.25, 0.3) is 21.2 Å². The number of carbonyl (C=O) groups excluding carboxylic acids is 1. The van der Waals surface area contributed by atoms with E-state index in [-0.39, 0.29) is 10.3 Å². The first-order valence-electron chi connectivity index (χ1n) is 6.17. The van der Waals surface area contributed by atoms with E-state index in [2.05, 4.69) is 0 Å². The van der Waals surface area contributed by atoms with E-state index >= 15 is 0 Å². The molecule has 1 heterocycles. The number of benzene rings is 2. The lowest BCUT2D eigenvalue weighted by Gasteiger charge is -2.04. The van der Waals surface area contributed by atoms with Crippen molar-refractivity contribution in [2.24, 2.45) is 0 Å². The summed E-state index contributed by atoms with van der Waals surface area (Å²) >= 11 is 1.09. The normalized spacial score (nSPS) is 10.8. The maximum atomic E-state index is 14.2. The topological polar surface area (TPSA) is 26.3 Å². The zero-order valence-corrected chi connectivity index (χ0v) is 11.8. The van der Waals surface area contributed by atoms with Crippen LogP contribution in [0, 0.1) is 11.6 Å². The van der Waals surface area contributed by atoms with Crippen molar-refractivity contribution in [1.82, 2.24) is 0 Å². The molecule has 0 spiro atoms. The zero-order valence-electron chi connectivity index (χ0n) is 11.0. The van der Waals surface area contributed by atoms with Crippen LogP contribution < -0.4 is 0 Å². The minimum atomic E-state index is -0.947. The van der Waals surface area contributed by atoms with Crippen molar-refractivity contribution in [3.63, 3.8) is 0 Å². The van der Waals surface area contributed by atoms with Gasteiger partial charge in [0.1, 0.15) is 4.88 Å². The van der Waals surface area contributed by atoms with Gasteiger partial charge in [-0.2, -0.15) is 0 Å². The van der Waals surface area contributed by atoms with Crippen LogP contribution in [0.4, 0.5) is 8.78 Å². The molecule has 2 nitrogen and oxygen atoms in total. The maximum absolute atomic E-state index is 14.2. The summed E-state index contributed by atoms with van der Waals surface area (Å²) in [6.45, 7) is 0. The summed E-state index contributed by atoms with van der Waals surface area (Å²) in [5.41, 5.74) is 1.02. The highest BCUT2D eigenvalue weighted by Crippen LogP contribution is 2.41. The number of hydrogen-bond donors (Lipinski definition) is 0. The number of hydrogen-bond acceptors (Lipinski definition) is 3. The Morgan fingerprint density at radius 3 is 2.48 bits per heavy atom. The first-order valence-corrected chi connectivity index (χ1v) is 6.99. The van der Waals surface area contributed by atoms with Crippen LogP contribution in [0.1, 0.15) is 9.67 Å². The molecule has 0 fully saturated rings. The van der Waals surface area contributed by atoms with E-state index in [1.807, 2.05) is 6.07 Å². The Morgan fingerprint density at radius 1 is 1.10 bits per heavy atom. The van der Waals surface area contributed by atoms with E-state index in [1.165, 1.54) is 13.2 Å². The lowest BCUT2D eigenvalue weighted by atomic mass is 10.0. The third kappa shape index (κ3) is 2.19. The fourth-order valence-corrected chi connectivity index (χ4v) is 3.38. The van der Waals surface area contributed by atoms with Crippen molar-refractivity contribution in [2.45, 2.75) is 0 Å². The fraction of sp³-hybridized carbons (Fsp3) is 0.0625. The van der Waals surface area contributed by atoms with Gasteiger partial charge in [0.2, 0.25) is 0 Å². The number of carbonyl (C=O) groups is 1. The smallest absolute Gasteiger partial charge is 0.348 e. The van der Waals surface area contributed by atoms with Crippen LogP contribution in [0.2, 0.25) is 0 Å². The summed E-state index contributed by atoms with van der Waals surface area (Å²) in [6, 6.07) is 11.4. The van der Waals surface area contributed by atoms with E-state index < -0.39 is 17.6 Å². The molecule has 3 aromatic rings. The molecule has 0 bridgehead atoms. The van der Waals surface area contributed by atoms with Crippen LogP contribution in [-0.2, 0) is 4.74 Å². The lowest BCUT2D eigenvalue weighted by molar-refractivity contribution is 0.0607. The molecule has 106 valence electrons. The van der Waals surface area contributed by atoms with Crippen molar-refractivity contribution in [3.05, 3.63) is 59.0 Å². The third-order valence-corrected chi connectivity index (χ3v) is 4.31. The number of halogens is 2. The van der Waals surface area contributed by atoms with Crippen LogP contribution in [0.3, 0.4) is 0 Å². The molecule has 21 heavy (non-hydrogen) atoms. The molecule has 0 aliphatic rings. The van der Waals surface area contributed by atoms with Gasteiger partial charge in [-0.25, -0.2) is 13.6 Å². The van der Waals surface area contributed by atoms with Gasteiger partial charge in [-0.05, 0) is 17.7 Å². The summed E-state index contributed by atoms with van der Waals surface area (Å²) < 4.78 is 33.0. The highest BCUT2D eigenvalue weighted by atomic mass is 32.1. The monoisotopic (exact) mass is 304 g/mol. The summed E-state index contributed by atoms with van der Waals surface area (Å²) in [5, 5.41) is 0.117. The Bertz CT molecular complexity index is 825. The number of fused-ring (bicyclic) bond motifs is 1. The van der Waals surface area contributed by atoms with Crippen molar-refractivity contribution in [2.75, 3.05) is 7.11 Å². The van der Waals surface area contributed by atoms with Gasteiger partial charge in [0.05, 0.1) is 7.11 Å². The second-order valence-corrected chi connectivity index (χ2v) is 5.45. The van der Waals surface area contributed by atoms with Crippen LogP contribution in [0.15, 0.2) is 42.5 Å². The van der Waals surface area contributed by atoms with Crippen LogP contribution >= 0.6 is 11.3 Å². The quantitative estimate of drug-likeness (QED) is 0.645. The van der Waals surface area contributed by atoms with Crippen LogP contribution in [-0.4, -0.2) is 13.1 Å². The number of methoxy groups -OCH3 is 1. The molecule has 0 aliphatic heterocycles. The molecule has 0 N–H and O–H groups in total. The first-order chi connectivity index (χ1) is 10.1. The van der Waals surface area contributed by atoms with Gasteiger partial charge < -0.3 is 4.74 Å². The van der Waals surface area contributed by atoms with Crippen molar-refractivity contribution < 1.29 is 18.3 Å². The van der Waals surface area contributed by atoms with Gasteiger partial charge in [-0.15, -0.1) is 11.3 Å². The SMILES string of the molecule is COC(=O)c1sc2ccc(F)c(F)c2c1-c1ccccc1. The molecule has 2 aromatic carbocycles. The third-order valence-electron chi connectivity index (χ3n) is 3.18. The Kier molecular flexibility index (Phi) is 3.43. The van der Waals surface area contributed by atoms with Gasteiger partial charge in [0, 0.05) is 15.6 Å². The molecule has 0 saturated carbocycles. The van der Waals surface area contributed by atoms with E-state index in [4.69, 9.17) is 4.74 Å². The summed E-state index contributed by atoms with van der Waals surface area (Å²) in [6.07, 6.45) is 0. The molecule has 3 rings (SSSR count). The zero-order chi connectivity index (χ0) is 15.0. The van der Waals surface area contributed by atoms with Crippen molar-refractivity contribution in [3.8, 4) is 11.1 Å². The molecule has 1 aromatic heterocycles. The lowest BCUT2D eigenvalue weighted by Crippen LogP contribution is -2.00. The molecule has 0 saturated heterocycles. The molecule has 0 aliphatic carbocycles. The molecular formula is C16H10F2O2S. The molecule has 0 radical (unpaired) electrons. The summed E-state index contributed by atoms with van der Waals surface area (Å²) in [4.78, 5) is 12.2. The maximum Gasteiger partial charge on any atom is 0.348 e. The van der Waals surface area contributed by atoms with E-state index in [0.717, 1.165) is 17.4 Å². The van der Waals surface area contributed by atoms with Crippen molar-refractivity contribution >= 4 is 27.4 Å². The largest absolute Gasteiger partial charge is 0.465 e. The highest BCUT2D eigenvalue weighted by molar-refractivity contribution is 7.21. The minimum absolute atomic E-state index is 0.117. The number of thiophene rings is 1. The second kappa shape index (κ2) is 5.26. The van der Waals surface area contributed by atoms with Gasteiger partial charge >= 0.3 is 5.97 Å². The molecule has 0 amide bonds. The average Bonchev–Trinajstić information content (AvgIpc) is 2.91. The number of rotatable bonds is 2. The summed E-state index contributed by atoms with van der Waals surface area (Å²) in [7, 11) is 1.26. The van der Waals surface area contributed by atoms with Crippen molar-refractivity contribution in [1.29, 1.82) is 0 Å². The number of ether oxygens (including phenoxy) is 1. The molecule has 0 atom stereocenters. The number of esters is 1.